The molecule has 0 radical (unpaired) electrons. The number of carbonyl (C=O) groups excluding carboxylic acids is 3. The second-order valence-electron chi connectivity index (χ2n) is 8.62. The van der Waals surface area contributed by atoms with E-state index >= 15 is 0 Å². The van der Waals surface area contributed by atoms with Crippen LogP contribution >= 0.6 is 0 Å². The maximum absolute atomic E-state index is 12.1. The Morgan fingerprint density at radius 1 is 1.29 bits per heavy atom. The minimum Gasteiger partial charge on any atom is -0.465 e. The number of amides is 4. The Hall–Kier alpha value is -3.56. The lowest BCUT2D eigenvalue weighted by Crippen LogP contribution is -2.59. The number of carboxylic acid groups (broad SMARTS) is 1. The number of likely N-dealkylation sites (tertiary alicyclic amines) is 1. The highest BCUT2D eigenvalue weighted by Crippen LogP contribution is 2.27. The van der Waals surface area contributed by atoms with E-state index in [-0.39, 0.29) is 25.0 Å². The molecule has 3 rings (SSSR count). The molecule has 184 valence electrons. The third-order valence-corrected chi connectivity index (χ3v) is 6.41. The molecule has 4 N–H and O–H groups in total. The highest BCUT2D eigenvalue weighted by molar-refractivity contribution is 5.90. The third-order valence-electron chi connectivity index (χ3n) is 6.41. The number of carbonyl (C=O) groups is 4. The number of primary amides is 1. The van der Waals surface area contributed by atoms with E-state index in [1.807, 2.05) is 31.2 Å². The maximum atomic E-state index is 12.1. The molecule has 0 aromatic heterocycles. The first kappa shape index (κ1) is 25.1. The van der Waals surface area contributed by atoms with Crippen molar-refractivity contribution in [3.63, 3.8) is 0 Å². The van der Waals surface area contributed by atoms with Crippen LogP contribution < -0.4 is 11.1 Å². The Morgan fingerprint density at radius 2 is 2.09 bits per heavy atom. The first-order valence-corrected chi connectivity index (χ1v) is 11.5. The van der Waals surface area contributed by atoms with Crippen LogP contribution in [-0.4, -0.2) is 64.6 Å². The van der Waals surface area contributed by atoms with E-state index in [0.717, 1.165) is 36.0 Å². The molecule has 0 aliphatic carbocycles. The van der Waals surface area contributed by atoms with Crippen LogP contribution in [0, 0.1) is 5.92 Å². The van der Waals surface area contributed by atoms with Crippen molar-refractivity contribution in [2.24, 2.45) is 11.7 Å². The van der Waals surface area contributed by atoms with Crippen molar-refractivity contribution >= 4 is 30.1 Å². The molecular formula is C24H32N4O6. The molecular weight excluding hydrogens is 440 g/mol. The first-order valence-electron chi connectivity index (χ1n) is 11.5. The Labute approximate surface area is 198 Å². The van der Waals surface area contributed by atoms with Gasteiger partial charge in [-0.05, 0) is 41.9 Å². The molecule has 1 aromatic carbocycles. The van der Waals surface area contributed by atoms with E-state index in [1.54, 1.807) is 0 Å². The standard InChI is InChI=1S/C24H32N4O6/c1-2-16(15-34-23(31)26-12-21(29)28-11-10-20(28)22(25)30)6-3-4-7-17-8-5-9-18-13-27(24(32)33)14-19(17)18/h4-5,7-9,16,20H,2-3,6,10-15H2,1H3,(H2,25,30)(H,26,31)(H,32,33). The third kappa shape index (κ3) is 6.27. The van der Waals surface area contributed by atoms with Crippen molar-refractivity contribution in [3.8, 4) is 0 Å². The maximum Gasteiger partial charge on any atom is 0.407 e. The van der Waals surface area contributed by atoms with E-state index in [1.165, 1.54) is 9.80 Å². The smallest absolute Gasteiger partial charge is 0.407 e. The highest BCUT2D eigenvalue weighted by atomic mass is 16.5. The fraction of sp³-hybridized carbons (Fsp3) is 0.500. The molecule has 0 saturated carbocycles. The van der Waals surface area contributed by atoms with E-state index < -0.39 is 24.1 Å². The normalized spacial score (nSPS) is 17.7. The molecule has 10 heteroatoms. The summed E-state index contributed by atoms with van der Waals surface area (Å²) in [5.74, 6) is -0.728. The molecule has 2 aliphatic rings. The molecule has 2 heterocycles. The van der Waals surface area contributed by atoms with Crippen molar-refractivity contribution in [3.05, 3.63) is 41.0 Å². The second kappa shape index (κ2) is 11.5. The largest absolute Gasteiger partial charge is 0.465 e. The number of nitrogens with zero attached hydrogens (tertiary/aromatic N) is 2. The number of allylic oxidation sites excluding steroid dienone is 1. The van der Waals surface area contributed by atoms with Gasteiger partial charge in [0.1, 0.15) is 12.6 Å². The van der Waals surface area contributed by atoms with Gasteiger partial charge in [-0.15, -0.1) is 0 Å². The molecule has 1 aromatic rings. The minimum absolute atomic E-state index is 0.171. The van der Waals surface area contributed by atoms with Crippen molar-refractivity contribution in [1.29, 1.82) is 0 Å². The number of alkyl carbamates (subject to hydrolysis) is 1. The van der Waals surface area contributed by atoms with Crippen LogP contribution in [0.4, 0.5) is 9.59 Å². The van der Waals surface area contributed by atoms with Gasteiger partial charge in [0.25, 0.3) is 0 Å². The molecule has 1 fully saturated rings. The SMILES string of the molecule is CCC(CCC=Cc1cccc2c1CN(C(=O)O)C2)COC(=O)NCC(=O)N1CCC1C(N)=O. The Bertz CT molecular complexity index is 963. The Morgan fingerprint density at radius 3 is 2.74 bits per heavy atom. The summed E-state index contributed by atoms with van der Waals surface area (Å²) in [7, 11) is 0. The number of fused-ring (bicyclic) bond motifs is 1. The highest BCUT2D eigenvalue weighted by Gasteiger charge is 2.36. The average Bonchev–Trinajstić information content (AvgIpc) is 3.21. The quantitative estimate of drug-likeness (QED) is 0.477. The fourth-order valence-corrected chi connectivity index (χ4v) is 4.16. The lowest BCUT2D eigenvalue weighted by atomic mass is 9.99. The Balaban J connectivity index is 1.38. The summed E-state index contributed by atoms with van der Waals surface area (Å²) in [6, 6.07) is 5.29. The predicted molar refractivity (Wildman–Crippen MR) is 124 cm³/mol. The topological polar surface area (TPSA) is 142 Å². The fourth-order valence-electron chi connectivity index (χ4n) is 4.16. The lowest BCUT2D eigenvalue weighted by molar-refractivity contribution is -0.145. The van der Waals surface area contributed by atoms with Gasteiger partial charge in [-0.3, -0.25) is 14.5 Å². The van der Waals surface area contributed by atoms with Gasteiger partial charge < -0.3 is 25.8 Å². The van der Waals surface area contributed by atoms with Gasteiger partial charge in [0.05, 0.1) is 13.2 Å². The summed E-state index contributed by atoms with van der Waals surface area (Å²) in [6.07, 6.45) is 5.49. The molecule has 2 atom stereocenters. The van der Waals surface area contributed by atoms with Crippen LogP contribution in [0.1, 0.15) is 49.3 Å². The number of ether oxygens (including phenoxy) is 1. The van der Waals surface area contributed by atoms with Gasteiger partial charge in [0.2, 0.25) is 11.8 Å². The van der Waals surface area contributed by atoms with Crippen molar-refractivity contribution in [2.75, 3.05) is 19.7 Å². The monoisotopic (exact) mass is 472 g/mol. The zero-order chi connectivity index (χ0) is 24.7. The predicted octanol–water partition coefficient (Wildman–Crippen LogP) is 2.31. The van der Waals surface area contributed by atoms with Gasteiger partial charge >= 0.3 is 12.2 Å². The summed E-state index contributed by atoms with van der Waals surface area (Å²) < 4.78 is 5.26. The summed E-state index contributed by atoms with van der Waals surface area (Å²) in [5, 5.41) is 11.7. The molecule has 34 heavy (non-hydrogen) atoms. The Kier molecular flexibility index (Phi) is 8.50. The summed E-state index contributed by atoms with van der Waals surface area (Å²) >= 11 is 0. The van der Waals surface area contributed by atoms with Gasteiger partial charge in [0, 0.05) is 13.1 Å². The van der Waals surface area contributed by atoms with Gasteiger partial charge in [-0.25, -0.2) is 9.59 Å². The van der Waals surface area contributed by atoms with Crippen molar-refractivity contribution in [1.82, 2.24) is 15.1 Å². The van der Waals surface area contributed by atoms with Crippen LogP contribution in [0.15, 0.2) is 24.3 Å². The van der Waals surface area contributed by atoms with E-state index in [0.29, 0.717) is 26.1 Å². The van der Waals surface area contributed by atoms with E-state index in [4.69, 9.17) is 10.5 Å². The van der Waals surface area contributed by atoms with E-state index in [9.17, 15) is 24.3 Å². The molecule has 1 saturated heterocycles. The van der Waals surface area contributed by atoms with Crippen LogP contribution in [-0.2, 0) is 27.4 Å². The molecule has 4 amide bonds. The molecule has 2 unspecified atom stereocenters. The number of hydrogen-bond acceptors (Lipinski definition) is 5. The summed E-state index contributed by atoms with van der Waals surface area (Å²) in [4.78, 5) is 49.2. The number of hydrogen-bond donors (Lipinski definition) is 3. The van der Waals surface area contributed by atoms with Crippen LogP contribution in [0.3, 0.4) is 0 Å². The molecule has 2 aliphatic heterocycles. The van der Waals surface area contributed by atoms with E-state index in [2.05, 4.69) is 11.4 Å². The lowest BCUT2D eigenvalue weighted by Gasteiger charge is -2.38. The summed E-state index contributed by atoms with van der Waals surface area (Å²) in [6.45, 7) is 3.30. The molecule has 0 spiro atoms. The number of benzene rings is 1. The number of nitrogens with one attached hydrogen (secondary N) is 1. The van der Waals surface area contributed by atoms with Gasteiger partial charge in [0.15, 0.2) is 0 Å². The van der Waals surface area contributed by atoms with Crippen molar-refractivity contribution in [2.45, 2.75) is 51.7 Å². The van der Waals surface area contributed by atoms with Crippen LogP contribution in [0.2, 0.25) is 0 Å². The van der Waals surface area contributed by atoms with Crippen molar-refractivity contribution < 1.29 is 29.0 Å². The van der Waals surface area contributed by atoms with Gasteiger partial charge in [-0.2, -0.15) is 0 Å². The van der Waals surface area contributed by atoms with Crippen LogP contribution in [0.5, 0.6) is 0 Å². The first-order chi connectivity index (χ1) is 16.3. The minimum atomic E-state index is -0.916. The molecule has 0 bridgehead atoms. The average molecular weight is 473 g/mol. The zero-order valence-electron chi connectivity index (χ0n) is 19.4. The second-order valence-corrected chi connectivity index (χ2v) is 8.62. The van der Waals surface area contributed by atoms with Gasteiger partial charge in [-0.1, -0.05) is 43.7 Å². The number of rotatable bonds is 10. The van der Waals surface area contributed by atoms with Crippen LogP contribution in [0.25, 0.3) is 6.08 Å². The zero-order valence-corrected chi connectivity index (χ0v) is 19.4. The summed E-state index contributed by atoms with van der Waals surface area (Å²) in [5.41, 5.74) is 8.33. The number of nitrogens with two attached hydrogens (primary N) is 1. The molecule has 10 nitrogen and oxygen atoms in total.